The van der Waals surface area contributed by atoms with Crippen molar-refractivity contribution in [2.75, 3.05) is 0 Å². The van der Waals surface area contributed by atoms with Crippen molar-refractivity contribution in [3.8, 4) is 6.07 Å². The Morgan fingerprint density at radius 2 is 2.08 bits per heavy atom. The molecule has 2 nitrogen and oxygen atoms in total. The molecule has 1 heterocycles. The molecule has 0 fully saturated rings. The molecular formula is C10H7N2+. The van der Waals surface area contributed by atoms with Gasteiger partial charge in [0.25, 0.3) is 0 Å². The summed E-state index contributed by atoms with van der Waals surface area (Å²) in [5.41, 5.74) is 0.703. The van der Waals surface area contributed by atoms with Gasteiger partial charge < -0.3 is 0 Å². The molecule has 12 heavy (non-hydrogen) atoms. The molecule has 2 heteroatoms. The second-order valence-corrected chi connectivity index (χ2v) is 2.60. The zero-order valence-electron chi connectivity index (χ0n) is 6.41. The quantitative estimate of drug-likeness (QED) is 0.568. The largest absolute Gasteiger partial charge is 0.217 e. The molecule has 0 saturated heterocycles. The topological polar surface area (TPSA) is 37.9 Å². The molecule has 0 aliphatic carbocycles. The second kappa shape index (κ2) is 2.63. The normalized spacial score (nSPS) is 9.58. The minimum absolute atomic E-state index is 0.703. The first-order valence-electron chi connectivity index (χ1n) is 3.70. The van der Waals surface area contributed by atoms with Gasteiger partial charge in [-0.25, -0.2) is 4.98 Å². The molecule has 0 atom stereocenters. The van der Waals surface area contributed by atoms with E-state index in [-0.39, 0.29) is 0 Å². The molecule has 0 bridgehead atoms. The van der Waals surface area contributed by atoms with E-state index in [1.807, 2.05) is 36.7 Å². The van der Waals surface area contributed by atoms with Crippen LogP contribution >= 0.6 is 0 Å². The summed E-state index contributed by atoms with van der Waals surface area (Å²) in [6, 6.07) is 9.69. The smallest absolute Gasteiger partial charge is 0.174 e. The van der Waals surface area contributed by atoms with Crippen LogP contribution in [0, 0.1) is 11.3 Å². The maximum atomic E-state index is 8.64. The molecule has 0 amide bonds. The van der Waals surface area contributed by atoms with Crippen LogP contribution < -0.4 is 4.98 Å². The summed E-state index contributed by atoms with van der Waals surface area (Å²) in [6.45, 7) is 0. The predicted octanol–water partition coefficient (Wildman–Crippen LogP) is 1.53. The fourth-order valence-corrected chi connectivity index (χ4v) is 1.20. The number of aromatic nitrogens is 1. The number of rotatable bonds is 0. The fraction of sp³-hybridized carbons (Fsp3) is 0. The average molecular weight is 155 g/mol. The van der Waals surface area contributed by atoms with Gasteiger partial charge in [0.05, 0.1) is 11.6 Å². The molecule has 0 spiro atoms. The molecule has 1 aromatic carbocycles. The molecule has 0 radical (unpaired) electrons. The molecule has 56 valence electrons. The maximum Gasteiger partial charge on any atom is 0.174 e. The standard InChI is InChI=1S/C10H6N2/c11-6-8-1-2-10-7-12-4-3-9(10)5-8/h1-5,7H/p+1. The lowest BCUT2D eigenvalue weighted by atomic mass is 10.1. The van der Waals surface area contributed by atoms with Crippen molar-refractivity contribution in [2.45, 2.75) is 0 Å². The van der Waals surface area contributed by atoms with Gasteiger partial charge in [-0.2, -0.15) is 5.26 Å². The zero-order chi connectivity index (χ0) is 8.39. The van der Waals surface area contributed by atoms with E-state index >= 15 is 0 Å². The monoisotopic (exact) mass is 155 g/mol. The summed E-state index contributed by atoms with van der Waals surface area (Å²) in [6.07, 6.45) is 3.76. The van der Waals surface area contributed by atoms with E-state index in [9.17, 15) is 0 Å². The van der Waals surface area contributed by atoms with Crippen LogP contribution in [0.25, 0.3) is 10.8 Å². The van der Waals surface area contributed by atoms with Crippen LogP contribution in [0.3, 0.4) is 0 Å². The Labute approximate surface area is 70.1 Å². The molecule has 2 rings (SSSR count). The highest BCUT2D eigenvalue weighted by atomic mass is 14.6. The Bertz CT molecular complexity index is 455. The lowest BCUT2D eigenvalue weighted by Gasteiger charge is -1.92. The van der Waals surface area contributed by atoms with Gasteiger partial charge in [-0.15, -0.1) is 0 Å². The van der Waals surface area contributed by atoms with Gasteiger partial charge in [-0.05, 0) is 23.6 Å². The number of fused-ring (bicyclic) bond motifs is 1. The Morgan fingerprint density at radius 3 is 2.92 bits per heavy atom. The molecule has 0 saturated carbocycles. The van der Waals surface area contributed by atoms with Crippen LogP contribution in [0.4, 0.5) is 0 Å². The van der Waals surface area contributed by atoms with Gasteiger partial charge in [0.2, 0.25) is 0 Å². The summed E-state index contributed by atoms with van der Waals surface area (Å²) in [5, 5.41) is 10.9. The third kappa shape index (κ3) is 1.02. The number of hydrogen-bond acceptors (Lipinski definition) is 1. The van der Waals surface area contributed by atoms with Crippen molar-refractivity contribution in [3.63, 3.8) is 0 Å². The average Bonchev–Trinajstić information content (AvgIpc) is 2.17. The molecule has 2 aromatic rings. The van der Waals surface area contributed by atoms with Crippen LogP contribution in [-0.2, 0) is 0 Å². The lowest BCUT2D eigenvalue weighted by Crippen LogP contribution is -1.97. The van der Waals surface area contributed by atoms with Crippen LogP contribution in [-0.4, -0.2) is 0 Å². The fourth-order valence-electron chi connectivity index (χ4n) is 1.20. The van der Waals surface area contributed by atoms with Gasteiger partial charge in [-0.1, -0.05) is 0 Å². The molecule has 1 N–H and O–H groups in total. The highest BCUT2D eigenvalue weighted by Crippen LogP contribution is 2.12. The Kier molecular flexibility index (Phi) is 1.49. The van der Waals surface area contributed by atoms with E-state index in [0.717, 1.165) is 10.8 Å². The van der Waals surface area contributed by atoms with Gasteiger partial charge in [0.1, 0.15) is 0 Å². The van der Waals surface area contributed by atoms with Crippen molar-refractivity contribution in [2.24, 2.45) is 0 Å². The second-order valence-electron chi connectivity index (χ2n) is 2.60. The number of hydrogen-bond donors (Lipinski definition) is 0. The van der Waals surface area contributed by atoms with Gasteiger partial charge in [0.15, 0.2) is 12.4 Å². The van der Waals surface area contributed by atoms with Crippen molar-refractivity contribution < 1.29 is 4.98 Å². The zero-order valence-corrected chi connectivity index (χ0v) is 6.41. The number of benzene rings is 1. The molecular weight excluding hydrogens is 148 g/mol. The number of nitriles is 1. The van der Waals surface area contributed by atoms with Gasteiger partial charge >= 0.3 is 0 Å². The number of pyridine rings is 1. The molecule has 1 aromatic heterocycles. The van der Waals surface area contributed by atoms with E-state index in [1.54, 1.807) is 0 Å². The Hall–Kier alpha value is -1.88. The third-order valence-corrected chi connectivity index (χ3v) is 1.81. The highest BCUT2D eigenvalue weighted by molar-refractivity contribution is 5.81. The van der Waals surface area contributed by atoms with Crippen molar-refractivity contribution in [3.05, 3.63) is 42.2 Å². The van der Waals surface area contributed by atoms with E-state index in [1.165, 1.54) is 0 Å². The van der Waals surface area contributed by atoms with Crippen LogP contribution in [0.1, 0.15) is 5.56 Å². The Morgan fingerprint density at radius 1 is 1.17 bits per heavy atom. The van der Waals surface area contributed by atoms with Crippen LogP contribution in [0.2, 0.25) is 0 Å². The highest BCUT2D eigenvalue weighted by Gasteiger charge is 1.96. The summed E-state index contributed by atoms with van der Waals surface area (Å²) in [7, 11) is 0. The maximum absolute atomic E-state index is 8.64. The van der Waals surface area contributed by atoms with E-state index < -0.39 is 0 Å². The predicted molar refractivity (Wildman–Crippen MR) is 45.2 cm³/mol. The first kappa shape index (κ1) is 6.81. The minimum atomic E-state index is 0.703. The van der Waals surface area contributed by atoms with Crippen LogP contribution in [0.5, 0.6) is 0 Å². The number of nitrogens with zero attached hydrogens (tertiary/aromatic N) is 1. The number of H-pyrrole nitrogens is 1. The summed E-state index contributed by atoms with van der Waals surface area (Å²) in [5.74, 6) is 0. The summed E-state index contributed by atoms with van der Waals surface area (Å²) < 4.78 is 0. The van der Waals surface area contributed by atoms with E-state index in [0.29, 0.717) is 5.56 Å². The van der Waals surface area contributed by atoms with Gasteiger partial charge in [-0.3, -0.25) is 0 Å². The minimum Gasteiger partial charge on any atom is -0.217 e. The van der Waals surface area contributed by atoms with E-state index in [4.69, 9.17) is 5.26 Å². The van der Waals surface area contributed by atoms with E-state index in [2.05, 4.69) is 11.1 Å². The lowest BCUT2D eigenvalue weighted by molar-refractivity contribution is -0.375. The van der Waals surface area contributed by atoms with Crippen molar-refractivity contribution in [1.82, 2.24) is 0 Å². The molecule has 0 unspecified atom stereocenters. The molecule has 0 aliphatic rings. The first-order valence-corrected chi connectivity index (χ1v) is 3.70. The van der Waals surface area contributed by atoms with Gasteiger partial charge in [0, 0.05) is 11.5 Å². The van der Waals surface area contributed by atoms with Crippen LogP contribution in [0.15, 0.2) is 36.7 Å². The third-order valence-electron chi connectivity index (χ3n) is 1.81. The summed E-state index contributed by atoms with van der Waals surface area (Å²) in [4.78, 5) is 2.99. The van der Waals surface area contributed by atoms with Crippen molar-refractivity contribution >= 4 is 10.8 Å². The number of nitrogens with one attached hydrogen (secondary N) is 1. The SMILES string of the molecule is N#Cc1ccc2c[nH+]ccc2c1. The summed E-state index contributed by atoms with van der Waals surface area (Å²) >= 11 is 0. The Balaban J connectivity index is 2.78. The number of aromatic amines is 1. The van der Waals surface area contributed by atoms with Crippen molar-refractivity contribution in [1.29, 1.82) is 5.26 Å². The molecule has 0 aliphatic heterocycles. The first-order chi connectivity index (χ1) is 5.90.